The monoisotopic (exact) mass is 355 g/mol. The summed E-state index contributed by atoms with van der Waals surface area (Å²) in [6.07, 6.45) is -2.24. The second-order valence-electron chi connectivity index (χ2n) is 6.00. The van der Waals surface area contributed by atoms with Crippen molar-refractivity contribution in [1.29, 1.82) is 0 Å². The number of aromatic nitrogens is 1. The third-order valence-corrected chi connectivity index (χ3v) is 5.15. The highest BCUT2D eigenvalue weighted by Crippen LogP contribution is 2.32. The average molecular weight is 355 g/mol. The number of carbonyl (C=O) groups is 2. The third kappa shape index (κ3) is 3.03. The van der Waals surface area contributed by atoms with E-state index >= 15 is 0 Å². The molecule has 1 atom stereocenters. The number of benzene rings is 1. The van der Waals surface area contributed by atoms with Gasteiger partial charge in [0.25, 0.3) is 6.43 Å². The van der Waals surface area contributed by atoms with E-state index in [-0.39, 0.29) is 11.6 Å². The van der Waals surface area contributed by atoms with Crippen LogP contribution in [0.2, 0.25) is 0 Å². The first-order chi connectivity index (χ1) is 11.3. The zero-order valence-electron chi connectivity index (χ0n) is 12.8. The van der Waals surface area contributed by atoms with E-state index in [2.05, 4.69) is 10.3 Å². The lowest BCUT2D eigenvalue weighted by molar-refractivity contribution is -0.146. The van der Waals surface area contributed by atoms with Gasteiger partial charge >= 0.3 is 12.0 Å². The number of nitrogens with one attached hydrogen (secondary N) is 1. The molecule has 0 bridgehead atoms. The fraction of sp³-hybridized carbons (Fsp3) is 0.400. The molecule has 24 heavy (non-hydrogen) atoms. The molecule has 0 radical (unpaired) electrons. The molecule has 1 fully saturated rings. The summed E-state index contributed by atoms with van der Waals surface area (Å²) in [5.74, 6) is -0.927. The molecule has 9 heteroatoms. The highest BCUT2D eigenvalue weighted by molar-refractivity contribution is 7.18. The van der Waals surface area contributed by atoms with Crippen LogP contribution in [-0.2, 0) is 4.79 Å². The van der Waals surface area contributed by atoms with Gasteiger partial charge in [-0.2, -0.15) is 0 Å². The van der Waals surface area contributed by atoms with Crippen molar-refractivity contribution in [2.75, 3.05) is 18.4 Å². The standard InChI is InChI=1S/C15H15F2N3O3S/c1-15(13(21)22)4-5-20(7-15)14(23)18-8-2-3-9-10(6-8)24-12(19-9)11(16)17/h2-3,6,11H,4-5,7H2,1H3,(H,18,23)(H,21,22). The summed E-state index contributed by atoms with van der Waals surface area (Å²) in [4.78, 5) is 28.8. The molecule has 0 saturated carbocycles. The van der Waals surface area contributed by atoms with Crippen LogP contribution in [0.25, 0.3) is 10.2 Å². The molecular formula is C15H15F2N3O3S. The lowest BCUT2D eigenvalue weighted by Crippen LogP contribution is -2.37. The van der Waals surface area contributed by atoms with Crippen molar-refractivity contribution in [3.05, 3.63) is 23.2 Å². The van der Waals surface area contributed by atoms with E-state index in [1.165, 1.54) is 4.90 Å². The van der Waals surface area contributed by atoms with Crippen molar-refractivity contribution in [3.63, 3.8) is 0 Å². The molecule has 1 aromatic carbocycles. The van der Waals surface area contributed by atoms with Crippen LogP contribution in [0.15, 0.2) is 18.2 Å². The van der Waals surface area contributed by atoms with Crippen molar-refractivity contribution in [3.8, 4) is 0 Å². The molecule has 0 aliphatic carbocycles. The molecule has 1 saturated heterocycles. The molecule has 1 aliphatic heterocycles. The summed E-state index contributed by atoms with van der Waals surface area (Å²) < 4.78 is 25.9. The van der Waals surface area contributed by atoms with E-state index in [1.54, 1.807) is 25.1 Å². The summed E-state index contributed by atoms with van der Waals surface area (Å²) in [5, 5.41) is 11.6. The molecular weight excluding hydrogens is 340 g/mol. The lowest BCUT2D eigenvalue weighted by atomic mass is 9.90. The molecule has 2 amide bonds. The minimum Gasteiger partial charge on any atom is -0.481 e. The average Bonchev–Trinajstić information content (AvgIpc) is 3.11. The summed E-state index contributed by atoms with van der Waals surface area (Å²) >= 11 is 0.879. The van der Waals surface area contributed by atoms with Gasteiger partial charge in [-0.15, -0.1) is 11.3 Å². The predicted molar refractivity (Wildman–Crippen MR) is 85.5 cm³/mol. The van der Waals surface area contributed by atoms with Gasteiger partial charge in [0.15, 0.2) is 5.01 Å². The van der Waals surface area contributed by atoms with Gasteiger partial charge in [-0.05, 0) is 31.5 Å². The number of alkyl halides is 2. The molecule has 1 aliphatic rings. The molecule has 128 valence electrons. The molecule has 2 heterocycles. The SMILES string of the molecule is CC1(C(=O)O)CCN(C(=O)Nc2ccc3nc(C(F)F)sc3c2)C1. The van der Waals surface area contributed by atoms with Crippen LogP contribution in [0.3, 0.4) is 0 Å². The smallest absolute Gasteiger partial charge is 0.321 e. The predicted octanol–water partition coefficient (Wildman–Crippen LogP) is 3.56. The Kier molecular flexibility index (Phi) is 4.12. The second kappa shape index (κ2) is 5.97. The van der Waals surface area contributed by atoms with Crippen molar-refractivity contribution < 1.29 is 23.5 Å². The van der Waals surface area contributed by atoms with Crippen molar-refractivity contribution in [2.24, 2.45) is 5.41 Å². The molecule has 2 N–H and O–H groups in total. The zero-order valence-corrected chi connectivity index (χ0v) is 13.6. The number of rotatable bonds is 3. The first-order valence-corrected chi connectivity index (χ1v) is 8.08. The zero-order chi connectivity index (χ0) is 17.5. The van der Waals surface area contributed by atoms with Gasteiger partial charge < -0.3 is 15.3 Å². The number of urea groups is 1. The number of carboxylic acids is 1. The first kappa shape index (κ1) is 16.6. The summed E-state index contributed by atoms with van der Waals surface area (Å²) in [7, 11) is 0. The van der Waals surface area contributed by atoms with E-state index in [9.17, 15) is 23.5 Å². The first-order valence-electron chi connectivity index (χ1n) is 7.26. The van der Waals surface area contributed by atoms with Crippen LogP contribution < -0.4 is 5.32 Å². The number of aliphatic carboxylic acids is 1. The number of carbonyl (C=O) groups excluding carboxylic acids is 1. The Balaban J connectivity index is 1.73. The van der Waals surface area contributed by atoms with Crippen LogP contribution in [0, 0.1) is 5.41 Å². The Morgan fingerprint density at radius 2 is 2.21 bits per heavy atom. The number of amides is 2. The molecule has 1 unspecified atom stereocenters. The number of fused-ring (bicyclic) bond motifs is 1. The van der Waals surface area contributed by atoms with Crippen LogP contribution >= 0.6 is 11.3 Å². The fourth-order valence-corrected chi connectivity index (χ4v) is 3.49. The molecule has 0 spiro atoms. The van der Waals surface area contributed by atoms with Crippen LogP contribution in [0.1, 0.15) is 24.8 Å². The maximum Gasteiger partial charge on any atom is 0.321 e. The van der Waals surface area contributed by atoms with Crippen molar-refractivity contribution >= 4 is 39.2 Å². The van der Waals surface area contributed by atoms with E-state index in [0.29, 0.717) is 28.9 Å². The number of nitrogens with zero attached hydrogens (tertiary/aromatic N) is 2. The van der Waals surface area contributed by atoms with Gasteiger partial charge in [-0.1, -0.05) is 0 Å². The number of hydrogen-bond donors (Lipinski definition) is 2. The summed E-state index contributed by atoms with van der Waals surface area (Å²) in [6, 6.07) is 4.33. The molecule has 6 nitrogen and oxygen atoms in total. The minimum atomic E-state index is -2.63. The quantitative estimate of drug-likeness (QED) is 0.882. The topological polar surface area (TPSA) is 82.5 Å². The van der Waals surface area contributed by atoms with E-state index < -0.39 is 23.8 Å². The van der Waals surface area contributed by atoms with Crippen LogP contribution in [0.5, 0.6) is 0 Å². The number of likely N-dealkylation sites (tertiary alicyclic amines) is 1. The Morgan fingerprint density at radius 1 is 1.46 bits per heavy atom. The van der Waals surface area contributed by atoms with Crippen LogP contribution in [0.4, 0.5) is 19.3 Å². The Morgan fingerprint density at radius 3 is 2.83 bits per heavy atom. The van der Waals surface area contributed by atoms with Crippen molar-refractivity contribution in [2.45, 2.75) is 19.8 Å². The summed E-state index contributed by atoms with van der Waals surface area (Å²) in [6.45, 7) is 2.09. The Hall–Kier alpha value is -2.29. The van der Waals surface area contributed by atoms with Gasteiger partial charge in [-0.25, -0.2) is 18.6 Å². The normalized spacial score (nSPS) is 20.8. The van der Waals surface area contributed by atoms with Gasteiger partial charge in [0.05, 0.1) is 15.6 Å². The van der Waals surface area contributed by atoms with Gasteiger partial charge in [0.1, 0.15) is 0 Å². The van der Waals surface area contributed by atoms with Gasteiger partial charge in [0.2, 0.25) is 0 Å². The van der Waals surface area contributed by atoms with E-state index in [4.69, 9.17) is 0 Å². The number of hydrogen-bond acceptors (Lipinski definition) is 4. The Bertz CT molecular complexity index is 810. The van der Waals surface area contributed by atoms with Crippen LogP contribution in [-0.4, -0.2) is 40.1 Å². The van der Waals surface area contributed by atoms with E-state index in [1.807, 2.05) is 0 Å². The number of halogens is 2. The number of anilines is 1. The number of thiazole rings is 1. The van der Waals surface area contributed by atoms with Crippen molar-refractivity contribution in [1.82, 2.24) is 9.88 Å². The highest BCUT2D eigenvalue weighted by atomic mass is 32.1. The maximum atomic E-state index is 12.7. The summed E-state index contributed by atoms with van der Waals surface area (Å²) in [5.41, 5.74) is -0.0284. The molecule has 3 rings (SSSR count). The molecule has 1 aromatic heterocycles. The Labute approximate surface area is 140 Å². The fourth-order valence-electron chi connectivity index (χ4n) is 2.63. The third-order valence-electron chi connectivity index (χ3n) is 4.12. The maximum absolute atomic E-state index is 12.7. The molecule has 2 aromatic rings. The lowest BCUT2D eigenvalue weighted by Gasteiger charge is -2.20. The second-order valence-corrected chi connectivity index (χ2v) is 7.07. The largest absolute Gasteiger partial charge is 0.481 e. The van der Waals surface area contributed by atoms with Gasteiger partial charge in [-0.3, -0.25) is 4.79 Å². The minimum absolute atomic E-state index is 0.131. The number of carboxylic acid groups (broad SMARTS) is 1. The highest BCUT2D eigenvalue weighted by Gasteiger charge is 2.42. The van der Waals surface area contributed by atoms with Gasteiger partial charge in [0, 0.05) is 18.8 Å². The van der Waals surface area contributed by atoms with E-state index in [0.717, 1.165) is 11.3 Å².